The zero-order chi connectivity index (χ0) is 14.3. The summed E-state index contributed by atoms with van der Waals surface area (Å²) in [6, 6.07) is 3.77. The zero-order valence-electron chi connectivity index (χ0n) is 11.5. The first-order chi connectivity index (χ1) is 9.48. The number of benzene rings is 1. The molecule has 1 heterocycles. The van der Waals surface area contributed by atoms with Gasteiger partial charge in [0, 0.05) is 6.54 Å². The maximum absolute atomic E-state index is 6.15. The lowest BCUT2D eigenvalue weighted by Crippen LogP contribution is -2.26. The van der Waals surface area contributed by atoms with E-state index in [0.717, 1.165) is 22.3 Å². The Kier molecular flexibility index (Phi) is 3.87. The molecule has 0 atom stereocenters. The molecule has 1 aromatic carbocycles. The van der Waals surface area contributed by atoms with Gasteiger partial charge in [0.2, 0.25) is 0 Å². The van der Waals surface area contributed by atoms with Crippen LogP contribution >= 0.6 is 35.4 Å². The number of aromatic nitrogens is 2. The van der Waals surface area contributed by atoms with Crippen LogP contribution < -0.4 is 0 Å². The average Bonchev–Trinajstić information content (AvgIpc) is 2.67. The molecule has 0 radical (unpaired) electrons. The van der Waals surface area contributed by atoms with Crippen molar-refractivity contribution in [2.45, 2.75) is 45.6 Å². The van der Waals surface area contributed by atoms with Crippen molar-refractivity contribution >= 4 is 46.5 Å². The summed E-state index contributed by atoms with van der Waals surface area (Å²) < 4.78 is 2.93. The lowest BCUT2D eigenvalue weighted by atomic mass is 9.75. The first kappa shape index (κ1) is 14.4. The van der Waals surface area contributed by atoms with Crippen molar-refractivity contribution < 1.29 is 0 Å². The minimum absolute atomic E-state index is 0.331. The van der Waals surface area contributed by atoms with E-state index in [0.29, 0.717) is 15.5 Å². The predicted octanol–water partition coefficient (Wildman–Crippen LogP) is 5.98. The Bertz CT molecular complexity index is 696. The van der Waals surface area contributed by atoms with Crippen LogP contribution in [0, 0.1) is 10.2 Å². The number of halogens is 2. The second-order valence-corrected chi connectivity index (χ2v) is 7.37. The van der Waals surface area contributed by atoms with E-state index in [4.69, 9.17) is 35.4 Å². The van der Waals surface area contributed by atoms with Crippen LogP contribution in [0.1, 0.15) is 39.0 Å². The van der Waals surface area contributed by atoms with E-state index in [1.807, 2.05) is 12.1 Å². The molecule has 1 N–H and O–H groups in total. The molecule has 1 aliphatic carbocycles. The summed E-state index contributed by atoms with van der Waals surface area (Å²) in [5.41, 5.74) is 2.34. The topological polar surface area (TPSA) is 20.7 Å². The van der Waals surface area contributed by atoms with Gasteiger partial charge in [-0.1, -0.05) is 49.4 Å². The largest absolute Gasteiger partial charge is 0.331 e. The van der Waals surface area contributed by atoms with Gasteiger partial charge < -0.3 is 9.55 Å². The number of imidazole rings is 1. The summed E-state index contributed by atoms with van der Waals surface area (Å²) in [6.45, 7) is 3.31. The highest BCUT2D eigenvalue weighted by Crippen LogP contribution is 2.38. The SMILES string of the molecule is CC1(Cn2c(=S)[nH]c3cc(Cl)c(Cl)cc32)CCCCC1. The molecule has 1 aliphatic rings. The quantitative estimate of drug-likeness (QED) is 0.673. The minimum Gasteiger partial charge on any atom is -0.331 e. The number of aromatic amines is 1. The van der Waals surface area contributed by atoms with Crippen molar-refractivity contribution in [3.05, 3.63) is 26.9 Å². The smallest absolute Gasteiger partial charge is 0.178 e. The molecule has 108 valence electrons. The van der Waals surface area contributed by atoms with Gasteiger partial charge in [-0.2, -0.15) is 0 Å². The first-order valence-corrected chi connectivity index (χ1v) is 8.23. The second kappa shape index (κ2) is 5.36. The van der Waals surface area contributed by atoms with E-state index in [1.165, 1.54) is 32.1 Å². The maximum atomic E-state index is 6.15. The van der Waals surface area contributed by atoms with Crippen LogP contribution in [-0.4, -0.2) is 9.55 Å². The molecule has 0 saturated heterocycles. The number of fused-ring (bicyclic) bond motifs is 1. The fourth-order valence-corrected chi connectivity index (χ4v) is 3.85. The van der Waals surface area contributed by atoms with Crippen molar-refractivity contribution in [1.29, 1.82) is 0 Å². The van der Waals surface area contributed by atoms with Crippen LogP contribution in [0.25, 0.3) is 11.0 Å². The van der Waals surface area contributed by atoms with Gasteiger partial charge in [-0.05, 0) is 42.6 Å². The first-order valence-electron chi connectivity index (χ1n) is 7.06. The van der Waals surface area contributed by atoms with Gasteiger partial charge in [0.1, 0.15) is 0 Å². The number of H-pyrrole nitrogens is 1. The Morgan fingerprint density at radius 3 is 2.55 bits per heavy atom. The molecule has 5 heteroatoms. The normalized spacial score (nSPS) is 18.6. The van der Waals surface area contributed by atoms with Gasteiger partial charge in [-0.25, -0.2) is 0 Å². The van der Waals surface area contributed by atoms with Gasteiger partial charge in [0.15, 0.2) is 4.77 Å². The number of nitrogens with zero attached hydrogens (tertiary/aromatic N) is 1. The van der Waals surface area contributed by atoms with Crippen LogP contribution in [-0.2, 0) is 6.54 Å². The maximum Gasteiger partial charge on any atom is 0.178 e. The summed E-state index contributed by atoms with van der Waals surface area (Å²) in [7, 11) is 0. The molecule has 2 nitrogen and oxygen atoms in total. The van der Waals surface area contributed by atoms with Gasteiger partial charge in [-0.3, -0.25) is 0 Å². The number of hydrogen-bond acceptors (Lipinski definition) is 1. The molecule has 0 aliphatic heterocycles. The molecule has 1 fully saturated rings. The molecule has 0 bridgehead atoms. The van der Waals surface area contributed by atoms with Gasteiger partial charge in [0.05, 0.1) is 21.1 Å². The van der Waals surface area contributed by atoms with Gasteiger partial charge in [-0.15, -0.1) is 0 Å². The summed E-state index contributed by atoms with van der Waals surface area (Å²) in [4.78, 5) is 3.24. The van der Waals surface area contributed by atoms with Crippen molar-refractivity contribution in [3.63, 3.8) is 0 Å². The van der Waals surface area contributed by atoms with Crippen molar-refractivity contribution in [1.82, 2.24) is 9.55 Å². The Balaban J connectivity index is 2.04. The Morgan fingerprint density at radius 1 is 1.20 bits per heavy atom. The fourth-order valence-electron chi connectivity index (χ4n) is 3.25. The third kappa shape index (κ3) is 2.63. The van der Waals surface area contributed by atoms with E-state index in [1.54, 1.807) is 0 Å². The van der Waals surface area contributed by atoms with Crippen LogP contribution in [0.2, 0.25) is 10.0 Å². The fraction of sp³-hybridized carbons (Fsp3) is 0.533. The highest BCUT2D eigenvalue weighted by Gasteiger charge is 2.28. The molecular weight excluding hydrogens is 311 g/mol. The molecule has 0 unspecified atom stereocenters. The minimum atomic E-state index is 0.331. The van der Waals surface area contributed by atoms with Gasteiger partial charge >= 0.3 is 0 Å². The number of rotatable bonds is 2. The van der Waals surface area contributed by atoms with Crippen LogP contribution in [0.15, 0.2) is 12.1 Å². The van der Waals surface area contributed by atoms with Crippen LogP contribution in [0.3, 0.4) is 0 Å². The predicted molar refractivity (Wildman–Crippen MR) is 88.3 cm³/mol. The highest BCUT2D eigenvalue weighted by atomic mass is 35.5. The molecule has 0 amide bonds. The lowest BCUT2D eigenvalue weighted by molar-refractivity contribution is 0.184. The van der Waals surface area contributed by atoms with Crippen LogP contribution in [0.4, 0.5) is 0 Å². The molecule has 3 rings (SSSR count). The Labute approximate surface area is 134 Å². The van der Waals surface area contributed by atoms with Crippen molar-refractivity contribution in [3.8, 4) is 0 Å². The Morgan fingerprint density at radius 2 is 1.85 bits per heavy atom. The average molecular weight is 329 g/mol. The summed E-state index contributed by atoms with van der Waals surface area (Å²) >= 11 is 17.7. The third-order valence-electron chi connectivity index (χ3n) is 4.42. The van der Waals surface area contributed by atoms with E-state index >= 15 is 0 Å². The Hall–Kier alpha value is -0.510. The molecule has 2 aromatic rings. The third-order valence-corrected chi connectivity index (χ3v) is 5.46. The van der Waals surface area contributed by atoms with E-state index in [9.17, 15) is 0 Å². The van der Waals surface area contributed by atoms with E-state index < -0.39 is 0 Å². The lowest BCUT2D eigenvalue weighted by Gasteiger charge is -2.34. The highest BCUT2D eigenvalue weighted by molar-refractivity contribution is 7.71. The van der Waals surface area contributed by atoms with E-state index in [2.05, 4.69) is 16.5 Å². The van der Waals surface area contributed by atoms with Gasteiger partial charge in [0.25, 0.3) is 0 Å². The number of hydrogen-bond donors (Lipinski definition) is 1. The second-order valence-electron chi connectivity index (χ2n) is 6.17. The molecule has 1 aromatic heterocycles. The summed E-state index contributed by atoms with van der Waals surface area (Å²) in [6.07, 6.45) is 6.53. The zero-order valence-corrected chi connectivity index (χ0v) is 13.8. The molecule has 1 saturated carbocycles. The monoisotopic (exact) mass is 328 g/mol. The summed E-state index contributed by atoms with van der Waals surface area (Å²) in [5.74, 6) is 0. The molecule has 0 spiro atoms. The summed E-state index contributed by atoms with van der Waals surface area (Å²) in [5, 5.41) is 1.14. The van der Waals surface area contributed by atoms with Crippen molar-refractivity contribution in [2.24, 2.45) is 5.41 Å². The van der Waals surface area contributed by atoms with Crippen LogP contribution in [0.5, 0.6) is 0 Å². The van der Waals surface area contributed by atoms with Crippen molar-refractivity contribution in [2.75, 3.05) is 0 Å². The number of nitrogens with one attached hydrogen (secondary N) is 1. The molecular formula is C15H18Cl2N2S. The molecule has 20 heavy (non-hydrogen) atoms. The standard InChI is InChI=1S/C15H18Cl2N2S/c1-15(5-3-2-4-6-15)9-19-13-8-11(17)10(16)7-12(13)18-14(19)20/h7-8H,2-6,9H2,1H3,(H,18,20). The van der Waals surface area contributed by atoms with E-state index in [-0.39, 0.29) is 0 Å².